The molecule has 1 aliphatic rings. The third-order valence-corrected chi connectivity index (χ3v) is 6.68. The van der Waals surface area contributed by atoms with Crippen LogP contribution in [-0.2, 0) is 16.2 Å². The summed E-state index contributed by atoms with van der Waals surface area (Å²) in [6.45, 7) is 6.46. The first kappa shape index (κ1) is 28.3. The second-order valence-corrected chi connectivity index (χ2v) is 9.65. The molecule has 3 aromatic carbocycles. The fourth-order valence-electron chi connectivity index (χ4n) is 4.29. The van der Waals surface area contributed by atoms with Gasteiger partial charge in [0.05, 0.1) is 23.8 Å². The van der Waals surface area contributed by atoms with Crippen molar-refractivity contribution in [2.45, 2.75) is 13.5 Å². The van der Waals surface area contributed by atoms with Gasteiger partial charge in [0.2, 0.25) is 0 Å². The summed E-state index contributed by atoms with van der Waals surface area (Å²) in [6, 6.07) is 17.3. The molecule has 1 saturated heterocycles. The van der Waals surface area contributed by atoms with Gasteiger partial charge in [-0.1, -0.05) is 34.8 Å². The molecular weight excluding hydrogens is 545 g/mol. The Bertz CT molecular complexity index is 1600. The number of fused-ring (bicyclic) bond motifs is 1. The van der Waals surface area contributed by atoms with Gasteiger partial charge in [-0.15, -0.1) is 0 Å². The number of anilines is 2. The number of nitrogens with zero attached hydrogens (tertiary/aromatic N) is 4. The van der Waals surface area contributed by atoms with Gasteiger partial charge in [0, 0.05) is 36.3 Å². The van der Waals surface area contributed by atoms with Crippen LogP contribution >= 0.6 is 11.6 Å². The fraction of sp³-hybridized carbons (Fsp3) is 0.258. The molecule has 4 aromatic rings. The van der Waals surface area contributed by atoms with Crippen molar-refractivity contribution in [3.63, 3.8) is 0 Å². The molecular formula is C31H29ClFN5O3. The van der Waals surface area contributed by atoms with Crippen molar-refractivity contribution in [2.24, 2.45) is 5.16 Å². The van der Waals surface area contributed by atoms with E-state index in [1.165, 1.54) is 18.5 Å². The minimum absolute atomic E-state index is 0.199. The lowest BCUT2D eigenvalue weighted by Crippen LogP contribution is -2.38. The molecule has 0 spiro atoms. The summed E-state index contributed by atoms with van der Waals surface area (Å²) in [4.78, 5) is 16.8. The highest BCUT2D eigenvalue weighted by atomic mass is 35.5. The predicted octanol–water partition coefficient (Wildman–Crippen LogP) is 5.82. The number of aromatic nitrogens is 2. The third kappa shape index (κ3) is 7.70. The average Bonchev–Trinajstić information content (AvgIpc) is 2.99. The van der Waals surface area contributed by atoms with Crippen molar-refractivity contribution in [3.05, 3.63) is 89.0 Å². The van der Waals surface area contributed by atoms with Gasteiger partial charge < -0.3 is 19.6 Å². The molecule has 2 heterocycles. The summed E-state index contributed by atoms with van der Waals surface area (Å²) in [5, 5.41) is 8.84. The molecule has 0 saturated carbocycles. The van der Waals surface area contributed by atoms with Gasteiger partial charge in [-0.25, -0.2) is 14.4 Å². The standard InChI is InChI=1S/C31H29ClFN5O3/c1-2-4-28(37-41-16-13-38-11-14-39-15-12-38)23-7-9-29-26(18-23)31(35-21-34-29)36-25-8-10-30(27(32)19-25)40-20-22-5-3-6-24(33)17-22/h3,5-10,17-19,21H,11-16,20H2,1H3,(H,34,35,36)/b37-28+. The van der Waals surface area contributed by atoms with Crippen LogP contribution in [0.4, 0.5) is 15.9 Å². The first-order chi connectivity index (χ1) is 20.1. The molecule has 0 unspecified atom stereocenters. The maximum atomic E-state index is 13.5. The van der Waals surface area contributed by atoms with Crippen LogP contribution in [0.1, 0.15) is 18.1 Å². The highest BCUT2D eigenvalue weighted by Gasteiger charge is 2.12. The minimum atomic E-state index is -0.312. The molecule has 5 rings (SSSR count). The van der Waals surface area contributed by atoms with E-state index in [9.17, 15) is 4.39 Å². The SMILES string of the molecule is CC#C/C(=N\OCCN1CCOCC1)c1ccc2ncnc(Nc3ccc(OCc4cccc(F)c4)c(Cl)c3)c2c1. The zero-order valence-corrected chi connectivity index (χ0v) is 23.3. The van der Waals surface area contributed by atoms with Crippen LogP contribution in [0.15, 0.2) is 72.1 Å². The molecule has 1 aliphatic heterocycles. The van der Waals surface area contributed by atoms with E-state index < -0.39 is 0 Å². The van der Waals surface area contributed by atoms with E-state index in [4.69, 9.17) is 25.9 Å². The zero-order chi connectivity index (χ0) is 28.4. The number of benzene rings is 3. The molecule has 0 atom stereocenters. The lowest BCUT2D eigenvalue weighted by atomic mass is 10.1. The summed E-state index contributed by atoms with van der Waals surface area (Å²) in [7, 11) is 0. The molecule has 0 bridgehead atoms. The highest BCUT2D eigenvalue weighted by molar-refractivity contribution is 6.32. The molecule has 41 heavy (non-hydrogen) atoms. The molecule has 1 aromatic heterocycles. The van der Waals surface area contributed by atoms with Gasteiger partial charge in [0.15, 0.2) is 5.71 Å². The van der Waals surface area contributed by atoms with Crippen LogP contribution in [0.5, 0.6) is 5.75 Å². The van der Waals surface area contributed by atoms with Crippen molar-refractivity contribution >= 4 is 39.7 Å². The Morgan fingerprint density at radius 3 is 2.80 bits per heavy atom. The average molecular weight is 574 g/mol. The fourth-order valence-corrected chi connectivity index (χ4v) is 4.53. The number of morpholine rings is 1. The normalized spacial score (nSPS) is 13.9. The van der Waals surface area contributed by atoms with Crippen LogP contribution in [0, 0.1) is 17.7 Å². The zero-order valence-electron chi connectivity index (χ0n) is 22.6. The van der Waals surface area contributed by atoms with E-state index in [1.54, 1.807) is 31.2 Å². The van der Waals surface area contributed by atoms with Gasteiger partial charge in [0.1, 0.15) is 36.9 Å². The molecule has 1 N–H and O–H groups in total. The van der Waals surface area contributed by atoms with Crippen molar-refractivity contribution < 1.29 is 18.7 Å². The Labute approximate surface area is 243 Å². The number of hydrogen-bond donors (Lipinski definition) is 1. The van der Waals surface area contributed by atoms with E-state index in [1.807, 2.05) is 24.3 Å². The third-order valence-electron chi connectivity index (χ3n) is 6.39. The molecule has 1 fully saturated rings. The van der Waals surface area contributed by atoms with Crippen molar-refractivity contribution in [3.8, 4) is 17.6 Å². The molecule has 10 heteroatoms. The van der Waals surface area contributed by atoms with Gasteiger partial charge in [-0.2, -0.15) is 0 Å². The Morgan fingerprint density at radius 1 is 1.12 bits per heavy atom. The Hall–Kier alpha value is -4.23. The van der Waals surface area contributed by atoms with Gasteiger partial charge >= 0.3 is 0 Å². The van der Waals surface area contributed by atoms with E-state index >= 15 is 0 Å². The molecule has 0 amide bonds. The Kier molecular flexibility index (Phi) is 9.60. The summed E-state index contributed by atoms with van der Waals surface area (Å²) in [5.74, 6) is 6.73. The maximum absolute atomic E-state index is 13.5. The first-order valence-electron chi connectivity index (χ1n) is 13.2. The van der Waals surface area contributed by atoms with E-state index in [0.29, 0.717) is 40.2 Å². The second-order valence-electron chi connectivity index (χ2n) is 9.25. The van der Waals surface area contributed by atoms with Crippen LogP contribution in [0.3, 0.4) is 0 Å². The van der Waals surface area contributed by atoms with E-state index in [2.05, 4.69) is 37.2 Å². The monoisotopic (exact) mass is 573 g/mol. The second kappa shape index (κ2) is 13.9. The first-order valence-corrected chi connectivity index (χ1v) is 13.6. The van der Waals surface area contributed by atoms with Crippen molar-refractivity contribution in [2.75, 3.05) is 44.8 Å². The van der Waals surface area contributed by atoms with Crippen LogP contribution in [0.25, 0.3) is 10.9 Å². The highest BCUT2D eigenvalue weighted by Crippen LogP contribution is 2.31. The minimum Gasteiger partial charge on any atom is -0.487 e. The van der Waals surface area contributed by atoms with Gasteiger partial charge in [-0.3, -0.25) is 4.90 Å². The summed E-state index contributed by atoms with van der Waals surface area (Å²) >= 11 is 6.50. The lowest BCUT2D eigenvalue weighted by molar-refractivity contribution is 0.0213. The lowest BCUT2D eigenvalue weighted by Gasteiger charge is -2.25. The summed E-state index contributed by atoms with van der Waals surface area (Å²) < 4.78 is 24.6. The summed E-state index contributed by atoms with van der Waals surface area (Å²) in [5.41, 5.74) is 3.49. The quantitative estimate of drug-likeness (QED) is 0.111. The maximum Gasteiger partial charge on any atom is 0.159 e. The smallest absolute Gasteiger partial charge is 0.159 e. The number of halogens is 2. The van der Waals surface area contributed by atoms with Crippen LogP contribution in [-0.4, -0.2) is 60.0 Å². The molecule has 8 nitrogen and oxygen atoms in total. The van der Waals surface area contributed by atoms with Gasteiger partial charge in [-0.05, 0) is 66.9 Å². The van der Waals surface area contributed by atoms with Crippen molar-refractivity contribution in [1.82, 2.24) is 14.9 Å². The number of oxime groups is 1. The van der Waals surface area contributed by atoms with Crippen LogP contribution in [0.2, 0.25) is 5.02 Å². The number of hydrogen-bond acceptors (Lipinski definition) is 8. The largest absolute Gasteiger partial charge is 0.487 e. The number of nitrogens with one attached hydrogen (secondary N) is 1. The molecule has 0 radical (unpaired) electrons. The Morgan fingerprint density at radius 2 is 2.00 bits per heavy atom. The van der Waals surface area contributed by atoms with Gasteiger partial charge in [0.25, 0.3) is 0 Å². The van der Waals surface area contributed by atoms with Crippen LogP contribution < -0.4 is 10.1 Å². The van der Waals surface area contributed by atoms with E-state index in [0.717, 1.165) is 49.3 Å². The number of rotatable bonds is 10. The molecule has 0 aliphatic carbocycles. The Balaban J connectivity index is 1.30. The number of ether oxygens (including phenoxy) is 2. The van der Waals surface area contributed by atoms with E-state index in [-0.39, 0.29) is 12.4 Å². The van der Waals surface area contributed by atoms with Crippen molar-refractivity contribution in [1.29, 1.82) is 0 Å². The summed E-state index contributed by atoms with van der Waals surface area (Å²) in [6.07, 6.45) is 1.50. The predicted molar refractivity (Wildman–Crippen MR) is 158 cm³/mol. The topological polar surface area (TPSA) is 81.1 Å². The molecule has 210 valence electrons.